The molecular weight excluding hydrogens is 204 g/mol. The van der Waals surface area contributed by atoms with Gasteiger partial charge in [-0.25, -0.2) is 9.80 Å². The zero-order valence-corrected chi connectivity index (χ0v) is 9.02. The molecule has 0 bridgehead atoms. The van der Waals surface area contributed by atoms with Crippen molar-refractivity contribution in [2.45, 2.75) is 25.7 Å². The van der Waals surface area contributed by atoms with Gasteiger partial charge < -0.3 is 5.11 Å². The summed E-state index contributed by atoms with van der Waals surface area (Å²) in [5.41, 5.74) is 3.73. The average Bonchev–Trinajstić information content (AvgIpc) is 2.50. The number of rotatable bonds is 0. The summed E-state index contributed by atoms with van der Waals surface area (Å²) in [7, 11) is 0. The van der Waals surface area contributed by atoms with E-state index in [4.69, 9.17) is 5.11 Å². The predicted octanol–water partition coefficient (Wildman–Crippen LogP) is 2.48. The fraction of sp³-hybridized carbons (Fsp3) is 0.417. The zero-order valence-electron chi connectivity index (χ0n) is 9.02. The Morgan fingerprint density at radius 3 is 2.94 bits per heavy atom. The van der Waals surface area contributed by atoms with Gasteiger partial charge in [0.25, 0.3) is 0 Å². The highest BCUT2D eigenvalue weighted by atomic mass is 16.4. The number of allylic oxidation sites excluding steroid dienone is 3. The topological polar surface area (TPSA) is 43.8 Å². The molecule has 1 aliphatic carbocycles. The lowest BCUT2D eigenvalue weighted by atomic mass is 9.94. The SMILES string of the molecule is O=C(O)N1CC2=CCCC3=C2N1C=CCC3. The molecule has 0 aromatic heterocycles. The first kappa shape index (κ1) is 9.51. The largest absolute Gasteiger partial charge is 0.464 e. The number of carbonyl (C=O) groups is 1. The molecule has 2 aliphatic heterocycles. The van der Waals surface area contributed by atoms with E-state index in [-0.39, 0.29) is 0 Å². The summed E-state index contributed by atoms with van der Waals surface area (Å²) in [6.07, 6.45) is 9.44. The third-order valence-electron chi connectivity index (χ3n) is 3.37. The molecule has 0 radical (unpaired) electrons. The van der Waals surface area contributed by atoms with Crippen molar-refractivity contribution >= 4 is 6.09 Å². The highest BCUT2D eigenvalue weighted by molar-refractivity contribution is 5.67. The molecule has 3 aliphatic rings. The third kappa shape index (κ3) is 1.26. The van der Waals surface area contributed by atoms with Crippen LogP contribution in [0.25, 0.3) is 0 Å². The summed E-state index contributed by atoms with van der Waals surface area (Å²) in [5.74, 6) is 0. The highest BCUT2D eigenvalue weighted by Gasteiger charge is 2.35. The summed E-state index contributed by atoms with van der Waals surface area (Å²) in [6, 6.07) is 0. The number of hydrogen-bond acceptors (Lipinski definition) is 2. The van der Waals surface area contributed by atoms with Gasteiger partial charge in [0.05, 0.1) is 12.2 Å². The van der Waals surface area contributed by atoms with Gasteiger partial charge in [-0.05, 0) is 36.8 Å². The van der Waals surface area contributed by atoms with E-state index >= 15 is 0 Å². The van der Waals surface area contributed by atoms with Crippen molar-refractivity contribution in [1.29, 1.82) is 0 Å². The molecule has 1 fully saturated rings. The molecule has 4 heteroatoms. The van der Waals surface area contributed by atoms with E-state index in [0.29, 0.717) is 6.54 Å². The van der Waals surface area contributed by atoms with Gasteiger partial charge in [0.2, 0.25) is 0 Å². The first-order valence-corrected chi connectivity index (χ1v) is 5.65. The van der Waals surface area contributed by atoms with Gasteiger partial charge in [0, 0.05) is 6.20 Å². The summed E-state index contributed by atoms with van der Waals surface area (Å²) < 4.78 is 0. The Kier molecular flexibility index (Phi) is 2.02. The molecule has 2 heterocycles. The molecule has 16 heavy (non-hydrogen) atoms. The van der Waals surface area contributed by atoms with Crippen molar-refractivity contribution in [3.8, 4) is 0 Å². The van der Waals surface area contributed by atoms with E-state index in [2.05, 4.69) is 12.2 Å². The van der Waals surface area contributed by atoms with Crippen molar-refractivity contribution in [3.05, 3.63) is 35.2 Å². The second-order valence-electron chi connectivity index (χ2n) is 4.33. The normalized spacial score (nSPS) is 23.1. The molecule has 1 amide bonds. The van der Waals surface area contributed by atoms with E-state index in [9.17, 15) is 4.79 Å². The van der Waals surface area contributed by atoms with Gasteiger partial charge in [-0.1, -0.05) is 12.2 Å². The number of amides is 1. The maximum absolute atomic E-state index is 11.2. The van der Waals surface area contributed by atoms with Crippen LogP contribution in [0.3, 0.4) is 0 Å². The van der Waals surface area contributed by atoms with Crippen molar-refractivity contribution in [1.82, 2.24) is 10.0 Å². The Bertz CT molecular complexity index is 434. The van der Waals surface area contributed by atoms with Gasteiger partial charge in [-0.15, -0.1) is 0 Å². The van der Waals surface area contributed by atoms with Crippen LogP contribution in [0, 0.1) is 0 Å². The van der Waals surface area contributed by atoms with E-state index in [1.165, 1.54) is 16.2 Å². The fourth-order valence-electron chi connectivity index (χ4n) is 2.66. The Balaban J connectivity index is 2.09. The van der Waals surface area contributed by atoms with Crippen LogP contribution in [0.15, 0.2) is 35.2 Å². The first-order valence-electron chi connectivity index (χ1n) is 5.65. The minimum Gasteiger partial charge on any atom is -0.464 e. The summed E-state index contributed by atoms with van der Waals surface area (Å²) >= 11 is 0. The average molecular weight is 218 g/mol. The monoisotopic (exact) mass is 218 g/mol. The van der Waals surface area contributed by atoms with E-state index in [1.54, 1.807) is 5.01 Å². The number of nitrogens with zero attached hydrogens (tertiary/aromatic N) is 2. The molecule has 4 nitrogen and oxygen atoms in total. The summed E-state index contributed by atoms with van der Waals surface area (Å²) in [4.78, 5) is 11.2. The highest BCUT2D eigenvalue weighted by Crippen LogP contribution is 2.38. The third-order valence-corrected chi connectivity index (χ3v) is 3.37. The zero-order chi connectivity index (χ0) is 11.1. The summed E-state index contributed by atoms with van der Waals surface area (Å²) in [6.45, 7) is 0.499. The van der Waals surface area contributed by atoms with Crippen LogP contribution in [0.1, 0.15) is 25.7 Å². The van der Waals surface area contributed by atoms with E-state index < -0.39 is 6.09 Å². The molecule has 1 N–H and O–H groups in total. The van der Waals surface area contributed by atoms with E-state index in [1.807, 2.05) is 6.20 Å². The predicted molar refractivity (Wildman–Crippen MR) is 59.3 cm³/mol. The molecule has 84 valence electrons. The van der Waals surface area contributed by atoms with Crippen LogP contribution < -0.4 is 0 Å². The van der Waals surface area contributed by atoms with Crippen LogP contribution in [-0.2, 0) is 0 Å². The Labute approximate surface area is 94.1 Å². The Morgan fingerprint density at radius 1 is 1.31 bits per heavy atom. The second kappa shape index (κ2) is 3.40. The maximum atomic E-state index is 11.2. The lowest BCUT2D eigenvalue weighted by Gasteiger charge is -2.25. The second-order valence-corrected chi connectivity index (χ2v) is 4.33. The molecular formula is C12H14N2O2. The molecule has 0 aromatic carbocycles. The quantitative estimate of drug-likeness (QED) is 0.679. The van der Waals surface area contributed by atoms with Gasteiger partial charge in [-0.3, -0.25) is 5.01 Å². The van der Waals surface area contributed by atoms with Crippen molar-refractivity contribution in [2.75, 3.05) is 6.54 Å². The number of hydrazine groups is 1. The molecule has 0 aromatic rings. The van der Waals surface area contributed by atoms with Gasteiger partial charge in [-0.2, -0.15) is 0 Å². The number of hydrogen-bond donors (Lipinski definition) is 1. The molecule has 3 rings (SSSR count). The maximum Gasteiger partial charge on any atom is 0.426 e. The van der Waals surface area contributed by atoms with Gasteiger partial charge in [0.1, 0.15) is 0 Å². The van der Waals surface area contributed by atoms with Gasteiger partial charge >= 0.3 is 6.09 Å². The first-order chi connectivity index (χ1) is 7.77. The van der Waals surface area contributed by atoms with Crippen LogP contribution in [0.4, 0.5) is 4.79 Å². The summed E-state index contributed by atoms with van der Waals surface area (Å²) in [5, 5.41) is 12.3. The van der Waals surface area contributed by atoms with Crippen LogP contribution in [-0.4, -0.2) is 27.8 Å². The van der Waals surface area contributed by atoms with Crippen LogP contribution in [0.5, 0.6) is 0 Å². The molecule has 0 spiro atoms. The molecule has 0 unspecified atom stereocenters. The minimum absolute atomic E-state index is 0.499. The standard InChI is InChI=1S/C12H14N2O2/c15-12(16)14-8-10-6-3-5-9-4-1-2-7-13(14)11(9)10/h2,6-7H,1,3-5,8H2,(H,15,16). The lowest BCUT2D eigenvalue weighted by molar-refractivity contribution is 0.0808. The van der Waals surface area contributed by atoms with Crippen LogP contribution >= 0.6 is 0 Å². The van der Waals surface area contributed by atoms with Gasteiger partial charge in [0.15, 0.2) is 0 Å². The molecule has 0 atom stereocenters. The Hall–Kier alpha value is -1.71. The molecule has 1 saturated heterocycles. The van der Waals surface area contributed by atoms with Crippen molar-refractivity contribution < 1.29 is 9.90 Å². The number of carboxylic acid groups (broad SMARTS) is 1. The fourth-order valence-corrected chi connectivity index (χ4v) is 2.66. The van der Waals surface area contributed by atoms with E-state index in [0.717, 1.165) is 31.4 Å². The Morgan fingerprint density at radius 2 is 2.12 bits per heavy atom. The minimum atomic E-state index is -0.881. The lowest BCUT2D eigenvalue weighted by Crippen LogP contribution is -2.36. The van der Waals surface area contributed by atoms with Crippen molar-refractivity contribution in [3.63, 3.8) is 0 Å². The smallest absolute Gasteiger partial charge is 0.426 e. The van der Waals surface area contributed by atoms with Crippen LogP contribution in [0.2, 0.25) is 0 Å². The molecule has 0 saturated carbocycles. The van der Waals surface area contributed by atoms with Crippen molar-refractivity contribution in [2.24, 2.45) is 0 Å².